The van der Waals surface area contributed by atoms with E-state index in [1.54, 1.807) is 31.2 Å². The summed E-state index contributed by atoms with van der Waals surface area (Å²) in [4.78, 5) is 40.0. The van der Waals surface area contributed by atoms with Gasteiger partial charge in [0.25, 0.3) is 5.91 Å². The van der Waals surface area contributed by atoms with Crippen LogP contribution in [0.3, 0.4) is 0 Å². The SMILES string of the molecule is CC(NC(=O)c1cccc2c1C(=O)c1ccccc1-2)c1cc(=O)c(O)c[nH]1. The van der Waals surface area contributed by atoms with E-state index < -0.39 is 17.4 Å². The average molecular weight is 360 g/mol. The first-order valence-electron chi connectivity index (χ1n) is 8.47. The predicted octanol–water partition coefficient (Wildman–Crippen LogP) is 2.78. The van der Waals surface area contributed by atoms with Gasteiger partial charge in [-0.05, 0) is 24.1 Å². The van der Waals surface area contributed by atoms with Crippen LogP contribution in [0.5, 0.6) is 5.75 Å². The number of fused-ring (bicyclic) bond motifs is 3. The summed E-state index contributed by atoms with van der Waals surface area (Å²) in [6.07, 6.45) is 1.18. The number of pyridine rings is 1. The molecule has 134 valence electrons. The van der Waals surface area contributed by atoms with Gasteiger partial charge in [0.1, 0.15) is 0 Å². The highest BCUT2D eigenvalue weighted by atomic mass is 16.3. The van der Waals surface area contributed by atoms with E-state index in [9.17, 15) is 19.5 Å². The van der Waals surface area contributed by atoms with E-state index in [1.165, 1.54) is 12.3 Å². The van der Waals surface area contributed by atoms with E-state index in [4.69, 9.17) is 0 Å². The molecule has 1 aromatic heterocycles. The fourth-order valence-electron chi connectivity index (χ4n) is 3.34. The van der Waals surface area contributed by atoms with Gasteiger partial charge in [-0.2, -0.15) is 0 Å². The molecule has 1 heterocycles. The van der Waals surface area contributed by atoms with Crippen LogP contribution >= 0.6 is 0 Å². The third-order valence-electron chi connectivity index (χ3n) is 4.73. The number of carbonyl (C=O) groups excluding carboxylic acids is 2. The normalized spacial score (nSPS) is 13.0. The fourth-order valence-corrected chi connectivity index (χ4v) is 3.34. The molecule has 3 aromatic rings. The Morgan fingerprint density at radius 2 is 1.74 bits per heavy atom. The number of aromatic nitrogens is 1. The highest BCUT2D eigenvalue weighted by molar-refractivity contribution is 6.25. The number of hydrogen-bond donors (Lipinski definition) is 3. The molecule has 0 saturated heterocycles. The van der Waals surface area contributed by atoms with Crippen LogP contribution in [0, 0.1) is 0 Å². The van der Waals surface area contributed by atoms with E-state index in [0.717, 1.165) is 11.1 Å². The van der Waals surface area contributed by atoms with Crippen LogP contribution in [0.25, 0.3) is 11.1 Å². The van der Waals surface area contributed by atoms with Crippen molar-refractivity contribution in [1.82, 2.24) is 10.3 Å². The van der Waals surface area contributed by atoms with Crippen molar-refractivity contribution in [3.05, 3.63) is 87.3 Å². The van der Waals surface area contributed by atoms with Crippen molar-refractivity contribution in [2.75, 3.05) is 0 Å². The number of aromatic amines is 1. The molecule has 1 amide bonds. The molecule has 0 bridgehead atoms. The molecule has 0 radical (unpaired) electrons. The molecule has 1 aliphatic carbocycles. The lowest BCUT2D eigenvalue weighted by molar-refractivity contribution is 0.0929. The van der Waals surface area contributed by atoms with Gasteiger partial charge in [0, 0.05) is 29.1 Å². The largest absolute Gasteiger partial charge is 0.503 e. The second kappa shape index (κ2) is 6.25. The van der Waals surface area contributed by atoms with Gasteiger partial charge in [-0.1, -0.05) is 36.4 Å². The number of H-pyrrole nitrogens is 1. The molecule has 3 N–H and O–H groups in total. The maximum absolute atomic E-state index is 12.8. The Balaban J connectivity index is 1.67. The number of ketones is 1. The highest BCUT2D eigenvalue weighted by Crippen LogP contribution is 2.38. The summed E-state index contributed by atoms with van der Waals surface area (Å²) < 4.78 is 0. The number of nitrogens with one attached hydrogen (secondary N) is 2. The minimum absolute atomic E-state index is 0.169. The second-order valence-corrected chi connectivity index (χ2v) is 6.44. The Morgan fingerprint density at radius 1 is 1.04 bits per heavy atom. The standard InChI is InChI=1S/C21H16N2O4/c1-11(16-9-17(24)18(25)10-22-16)23-21(27)15-8-4-7-13-12-5-2-3-6-14(12)20(26)19(13)15/h2-11,25H,1H3,(H,22,24)(H,23,27). The lowest BCUT2D eigenvalue weighted by Crippen LogP contribution is -2.29. The quantitative estimate of drug-likeness (QED) is 0.523. The molecule has 2 aromatic carbocycles. The van der Waals surface area contributed by atoms with Crippen LogP contribution in [-0.2, 0) is 0 Å². The molecule has 6 nitrogen and oxygen atoms in total. The van der Waals surface area contributed by atoms with Gasteiger partial charge in [-0.25, -0.2) is 0 Å². The van der Waals surface area contributed by atoms with Crippen LogP contribution in [0.1, 0.15) is 44.9 Å². The van der Waals surface area contributed by atoms with E-state index in [2.05, 4.69) is 10.3 Å². The Labute approximate surface area is 154 Å². The van der Waals surface area contributed by atoms with Crippen molar-refractivity contribution >= 4 is 11.7 Å². The maximum atomic E-state index is 12.8. The lowest BCUT2D eigenvalue weighted by Gasteiger charge is -2.15. The molecule has 1 aliphatic rings. The van der Waals surface area contributed by atoms with Gasteiger partial charge < -0.3 is 15.4 Å². The van der Waals surface area contributed by atoms with Crippen molar-refractivity contribution < 1.29 is 14.7 Å². The minimum Gasteiger partial charge on any atom is -0.503 e. The zero-order valence-electron chi connectivity index (χ0n) is 14.4. The summed E-state index contributed by atoms with van der Waals surface area (Å²) in [6.45, 7) is 1.71. The van der Waals surface area contributed by atoms with Gasteiger partial charge in [0.15, 0.2) is 11.5 Å². The van der Waals surface area contributed by atoms with Crippen LogP contribution in [0.4, 0.5) is 0 Å². The second-order valence-electron chi connectivity index (χ2n) is 6.44. The number of benzene rings is 2. The van der Waals surface area contributed by atoms with E-state index in [0.29, 0.717) is 22.4 Å². The van der Waals surface area contributed by atoms with Crippen molar-refractivity contribution in [2.45, 2.75) is 13.0 Å². The first-order chi connectivity index (χ1) is 13.0. The third kappa shape index (κ3) is 2.71. The molecular weight excluding hydrogens is 344 g/mol. The number of rotatable bonds is 3. The van der Waals surface area contributed by atoms with Crippen molar-refractivity contribution in [3.63, 3.8) is 0 Å². The first-order valence-corrected chi connectivity index (χ1v) is 8.47. The summed E-state index contributed by atoms with van der Waals surface area (Å²) >= 11 is 0. The average Bonchev–Trinajstić information content (AvgIpc) is 2.97. The number of aromatic hydroxyl groups is 1. The van der Waals surface area contributed by atoms with Crippen LogP contribution in [0.15, 0.2) is 59.5 Å². The Morgan fingerprint density at radius 3 is 2.48 bits per heavy atom. The Hall–Kier alpha value is -3.67. The lowest BCUT2D eigenvalue weighted by atomic mass is 10.00. The number of amides is 1. The summed E-state index contributed by atoms with van der Waals surface area (Å²) in [6, 6.07) is 13.2. The minimum atomic E-state index is -0.531. The van der Waals surface area contributed by atoms with Crippen molar-refractivity contribution in [1.29, 1.82) is 0 Å². The third-order valence-corrected chi connectivity index (χ3v) is 4.73. The summed E-state index contributed by atoms with van der Waals surface area (Å²) in [5, 5.41) is 12.1. The van der Waals surface area contributed by atoms with Gasteiger partial charge in [-0.15, -0.1) is 0 Å². The molecule has 6 heteroatoms. The van der Waals surface area contributed by atoms with E-state index in [1.807, 2.05) is 18.2 Å². The molecule has 27 heavy (non-hydrogen) atoms. The van der Waals surface area contributed by atoms with Crippen LogP contribution in [0.2, 0.25) is 0 Å². The van der Waals surface area contributed by atoms with Gasteiger partial charge in [0.05, 0.1) is 11.6 Å². The smallest absolute Gasteiger partial charge is 0.252 e. The molecule has 0 fully saturated rings. The zero-order valence-corrected chi connectivity index (χ0v) is 14.4. The molecule has 1 unspecified atom stereocenters. The Bertz CT molecular complexity index is 1150. The van der Waals surface area contributed by atoms with E-state index in [-0.39, 0.29) is 11.5 Å². The molecule has 0 saturated carbocycles. The van der Waals surface area contributed by atoms with Crippen molar-refractivity contribution in [3.8, 4) is 16.9 Å². The van der Waals surface area contributed by atoms with Gasteiger partial charge >= 0.3 is 0 Å². The van der Waals surface area contributed by atoms with Crippen molar-refractivity contribution in [2.24, 2.45) is 0 Å². The molecule has 0 spiro atoms. The van der Waals surface area contributed by atoms with Crippen LogP contribution < -0.4 is 10.7 Å². The van der Waals surface area contributed by atoms with Gasteiger partial charge in [-0.3, -0.25) is 14.4 Å². The molecule has 0 aliphatic heterocycles. The summed E-state index contributed by atoms with van der Waals surface area (Å²) in [7, 11) is 0. The highest BCUT2D eigenvalue weighted by Gasteiger charge is 2.31. The monoisotopic (exact) mass is 360 g/mol. The van der Waals surface area contributed by atoms with Crippen LogP contribution in [-0.4, -0.2) is 21.8 Å². The topological polar surface area (TPSA) is 99.3 Å². The summed E-state index contributed by atoms with van der Waals surface area (Å²) in [5.74, 6) is -0.965. The first kappa shape index (κ1) is 16.8. The number of carbonyl (C=O) groups is 2. The Kier molecular flexibility index (Phi) is 3.88. The van der Waals surface area contributed by atoms with E-state index >= 15 is 0 Å². The summed E-state index contributed by atoms with van der Waals surface area (Å²) in [5.41, 5.74) is 2.76. The molecular formula is C21H16N2O4. The predicted molar refractivity (Wildman–Crippen MR) is 99.9 cm³/mol. The zero-order chi connectivity index (χ0) is 19.1. The molecule has 1 atom stereocenters. The van der Waals surface area contributed by atoms with Gasteiger partial charge in [0.2, 0.25) is 5.43 Å². The number of hydrogen-bond acceptors (Lipinski definition) is 4. The molecule has 4 rings (SSSR count). The fraction of sp³-hybridized carbons (Fsp3) is 0.0952. The maximum Gasteiger partial charge on any atom is 0.252 e.